The van der Waals surface area contributed by atoms with Crippen molar-refractivity contribution in [3.8, 4) is 5.75 Å². The first-order valence-electron chi connectivity index (χ1n) is 10.7. The number of carbonyl (C=O) groups is 1. The highest BCUT2D eigenvalue weighted by Gasteiger charge is 2.39. The zero-order valence-corrected chi connectivity index (χ0v) is 17.6. The zero-order chi connectivity index (χ0) is 21.7. The number of likely N-dealkylation sites (tertiary alicyclic amines) is 1. The van der Waals surface area contributed by atoms with E-state index in [-0.39, 0.29) is 12.0 Å². The quantitative estimate of drug-likeness (QED) is 0.666. The molecule has 3 N–H and O–H groups in total. The highest BCUT2D eigenvalue weighted by Crippen LogP contribution is 2.27. The van der Waals surface area contributed by atoms with Crippen LogP contribution in [0.15, 0.2) is 67.1 Å². The number of rotatable bonds is 6. The maximum atomic E-state index is 13.2. The number of nitrogens with one attached hydrogen (secondary N) is 2. The molecule has 3 heterocycles. The number of pyridine rings is 1. The molecular weight excluding hydrogens is 392 g/mol. The van der Waals surface area contributed by atoms with Crippen LogP contribution in [0.2, 0.25) is 0 Å². The maximum Gasteiger partial charge on any atom is 0.254 e. The van der Waals surface area contributed by atoms with Crippen molar-refractivity contribution in [1.82, 2.24) is 20.5 Å². The van der Waals surface area contributed by atoms with Gasteiger partial charge in [-0.25, -0.2) is 0 Å². The number of ether oxygens (including phenoxy) is 1. The Hall–Kier alpha value is -3.16. The van der Waals surface area contributed by atoms with Crippen molar-refractivity contribution < 1.29 is 14.6 Å². The summed E-state index contributed by atoms with van der Waals surface area (Å²) >= 11 is 0. The van der Waals surface area contributed by atoms with Crippen LogP contribution in [0, 0.1) is 0 Å². The Morgan fingerprint density at radius 3 is 2.61 bits per heavy atom. The van der Waals surface area contributed by atoms with Crippen molar-refractivity contribution in [2.24, 2.45) is 0 Å². The second-order valence-electron chi connectivity index (χ2n) is 7.71. The summed E-state index contributed by atoms with van der Waals surface area (Å²) in [6.45, 7) is 3.82. The average molecular weight is 421 g/mol. The van der Waals surface area contributed by atoms with Gasteiger partial charge in [-0.2, -0.15) is 0 Å². The largest absolute Gasteiger partial charge is 0.494 e. The van der Waals surface area contributed by atoms with E-state index in [9.17, 15) is 9.90 Å². The van der Waals surface area contributed by atoms with Crippen LogP contribution >= 0.6 is 0 Å². The fraction of sp³-hybridized carbons (Fsp3) is 0.333. The Labute approximate surface area is 182 Å². The van der Waals surface area contributed by atoms with Crippen molar-refractivity contribution in [1.29, 1.82) is 0 Å². The second-order valence-corrected chi connectivity index (χ2v) is 7.71. The normalized spacial score (nSPS) is 21.8. The molecule has 2 aliphatic rings. The van der Waals surface area contributed by atoms with Gasteiger partial charge in [-0.15, -0.1) is 0 Å². The highest BCUT2D eigenvalue weighted by molar-refractivity contribution is 5.95. The number of aliphatic hydroxyl groups excluding tert-OH is 1. The van der Waals surface area contributed by atoms with Crippen molar-refractivity contribution in [3.63, 3.8) is 0 Å². The van der Waals surface area contributed by atoms with Crippen LogP contribution in [0.25, 0.3) is 5.57 Å². The van der Waals surface area contributed by atoms with Crippen LogP contribution in [-0.2, 0) is 0 Å². The van der Waals surface area contributed by atoms with Gasteiger partial charge in [0.1, 0.15) is 5.75 Å². The molecule has 31 heavy (non-hydrogen) atoms. The second kappa shape index (κ2) is 9.32. The molecule has 0 saturated carbocycles. The van der Waals surface area contributed by atoms with Gasteiger partial charge in [-0.1, -0.05) is 0 Å². The summed E-state index contributed by atoms with van der Waals surface area (Å²) in [6.07, 6.45) is 10.4. The summed E-state index contributed by atoms with van der Waals surface area (Å²) < 4.78 is 5.48. The standard InChI is InChI=1S/C24H28N4O3/c1-2-31-22-5-3-19(4-6-22)23(30)27-24(28-15-10-21(29)11-16-28)17-20(9-14-26-24)18-7-12-25-13-8-18/h3-9,12-14,17,21,26,29H,2,10-11,15-16H2,1H3,(H,27,30). The number of amides is 1. The van der Waals surface area contributed by atoms with Gasteiger partial charge in [0.05, 0.1) is 12.7 Å². The minimum atomic E-state index is -0.900. The molecule has 7 heteroatoms. The molecule has 2 aliphatic heterocycles. The van der Waals surface area contributed by atoms with Gasteiger partial charge in [-0.3, -0.25) is 14.7 Å². The van der Waals surface area contributed by atoms with E-state index < -0.39 is 5.79 Å². The molecule has 1 atom stereocenters. The number of nitrogens with zero attached hydrogens (tertiary/aromatic N) is 2. The Kier molecular flexibility index (Phi) is 6.34. The highest BCUT2D eigenvalue weighted by atomic mass is 16.5. The lowest BCUT2D eigenvalue weighted by molar-refractivity contribution is 0.0109. The average Bonchev–Trinajstić information content (AvgIpc) is 2.81. The van der Waals surface area contributed by atoms with Crippen LogP contribution in [0.4, 0.5) is 0 Å². The lowest BCUT2D eigenvalue weighted by Crippen LogP contribution is -2.68. The van der Waals surface area contributed by atoms with E-state index in [2.05, 4.69) is 20.5 Å². The number of hydrogen-bond acceptors (Lipinski definition) is 6. The van der Waals surface area contributed by atoms with Gasteiger partial charge >= 0.3 is 0 Å². The predicted octanol–water partition coefficient (Wildman–Crippen LogP) is 2.52. The number of hydrogen-bond donors (Lipinski definition) is 3. The van der Waals surface area contributed by atoms with E-state index in [1.165, 1.54) is 0 Å². The Bertz CT molecular complexity index is 951. The van der Waals surface area contributed by atoms with Crippen molar-refractivity contribution in [2.45, 2.75) is 31.7 Å². The number of aliphatic hydroxyl groups is 1. The van der Waals surface area contributed by atoms with Crippen LogP contribution in [0.3, 0.4) is 0 Å². The number of piperidine rings is 1. The smallest absolute Gasteiger partial charge is 0.254 e. The van der Waals surface area contributed by atoms with Gasteiger partial charge in [0, 0.05) is 37.2 Å². The Morgan fingerprint density at radius 1 is 1.23 bits per heavy atom. The first kappa shape index (κ1) is 21.1. The number of carbonyl (C=O) groups excluding carboxylic acids is 1. The van der Waals surface area contributed by atoms with E-state index in [1.807, 2.05) is 37.4 Å². The molecule has 0 aliphatic carbocycles. The molecule has 0 bridgehead atoms. The zero-order valence-electron chi connectivity index (χ0n) is 17.6. The molecule has 1 unspecified atom stereocenters. The van der Waals surface area contributed by atoms with Gasteiger partial charge in [0.2, 0.25) is 0 Å². The molecule has 1 amide bonds. The van der Waals surface area contributed by atoms with E-state index >= 15 is 0 Å². The van der Waals surface area contributed by atoms with Crippen LogP contribution in [-0.4, -0.2) is 52.5 Å². The minimum Gasteiger partial charge on any atom is -0.494 e. The fourth-order valence-electron chi connectivity index (χ4n) is 3.96. The Balaban J connectivity index is 1.64. The number of allylic oxidation sites excluding steroid dienone is 2. The van der Waals surface area contributed by atoms with Gasteiger partial charge in [0.25, 0.3) is 5.91 Å². The molecular formula is C24H28N4O3. The van der Waals surface area contributed by atoms with Crippen molar-refractivity contribution in [3.05, 3.63) is 78.3 Å². The van der Waals surface area contributed by atoms with E-state index in [1.54, 1.807) is 36.7 Å². The lowest BCUT2D eigenvalue weighted by Gasteiger charge is -2.46. The summed E-state index contributed by atoms with van der Waals surface area (Å²) in [7, 11) is 0. The van der Waals surface area contributed by atoms with E-state index in [0.717, 1.165) is 16.9 Å². The van der Waals surface area contributed by atoms with Crippen molar-refractivity contribution >= 4 is 11.5 Å². The van der Waals surface area contributed by atoms with E-state index in [0.29, 0.717) is 38.1 Å². The third kappa shape index (κ3) is 4.78. The number of aromatic nitrogens is 1. The third-order valence-corrected chi connectivity index (χ3v) is 5.64. The summed E-state index contributed by atoms with van der Waals surface area (Å²) in [5.41, 5.74) is 2.55. The van der Waals surface area contributed by atoms with Crippen LogP contribution in [0.1, 0.15) is 35.7 Å². The summed E-state index contributed by atoms with van der Waals surface area (Å²) in [5.74, 6) is -0.358. The molecule has 1 aromatic heterocycles. The fourth-order valence-corrected chi connectivity index (χ4v) is 3.96. The topological polar surface area (TPSA) is 86.7 Å². The number of benzene rings is 1. The predicted molar refractivity (Wildman–Crippen MR) is 119 cm³/mol. The van der Waals surface area contributed by atoms with Crippen LogP contribution < -0.4 is 15.4 Å². The van der Waals surface area contributed by atoms with Gasteiger partial charge in [0.15, 0.2) is 5.79 Å². The summed E-state index contributed by atoms with van der Waals surface area (Å²) in [5, 5.41) is 16.5. The molecule has 1 saturated heterocycles. The van der Waals surface area contributed by atoms with Crippen LogP contribution in [0.5, 0.6) is 5.75 Å². The first-order chi connectivity index (χ1) is 15.1. The minimum absolute atomic E-state index is 0.192. The SMILES string of the molecule is CCOc1ccc(C(=O)NC2(N3CCC(O)CC3)C=C(c3ccncc3)C=CN2)cc1. The lowest BCUT2D eigenvalue weighted by atomic mass is 9.98. The maximum absolute atomic E-state index is 13.2. The number of dihydropyridines is 1. The molecule has 0 radical (unpaired) electrons. The van der Waals surface area contributed by atoms with Crippen molar-refractivity contribution in [2.75, 3.05) is 19.7 Å². The monoisotopic (exact) mass is 420 g/mol. The summed E-state index contributed by atoms with van der Waals surface area (Å²) in [4.78, 5) is 19.5. The molecule has 7 nitrogen and oxygen atoms in total. The summed E-state index contributed by atoms with van der Waals surface area (Å²) in [6, 6.07) is 11.0. The molecule has 2 aromatic rings. The molecule has 162 valence electrons. The first-order valence-corrected chi connectivity index (χ1v) is 10.7. The third-order valence-electron chi connectivity index (χ3n) is 5.64. The molecule has 0 spiro atoms. The van der Waals surface area contributed by atoms with Gasteiger partial charge < -0.3 is 20.5 Å². The van der Waals surface area contributed by atoms with Gasteiger partial charge in [-0.05, 0) is 79.5 Å². The Morgan fingerprint density at radius 2 is 1.94 bits per heavy atom. The molecule has 1 fully saturated rings. The van der Waals surface area contributed by atoms with E-state index in [4.69, 9.17) is 4.74 Å². The molecule has 4 rings (SSSR count). The molecule has 1 aromatic carbocycles.